The van der Waals surface area contributed by atoms with Gasteiger partial charge < -0.3 is 9.84 Å². The number of halogens is 5. The van der Waals surface area contributed by atoms with Crippen molar-refractivity contribution in [1.29, 1.82) is 0 Å². The van der Waals surface area contributed by atoms with Crippen LogP contribution in [0.1, 0.15) is 18.4 Å². The van der Waals surface area contributed by atoms with Crippen LogP contribution < -0.4 is 9.04 Å². The van der Waals surface area contributed by atoms with Crippen molar-refractivity contribution in [3.8, 4) is 16.9 Å². The Bertz CT molecular complexity index is 1420. The first kappa shape index (κ1) is 25.4. The summed E-state index contributed by atoms with van der Waals surface area (Å²) in [6.45, 7) is -0.409. The molecule has 0 spiro atoms. The monoisotopic (exact) mass is 527 g/mol. The molecule has 3 aromatic carbocycles. The summed E-state index contributed by atoms with van der Waals surface area (Å²) in [6.07, 6.45) is -6.14. The lowest BCUT2D eigenvalue weighted by atomic mass is 10.0. The molecule has 6 nitrogen and oxygen atoms in total. The molecule has 0 amide bonds. The summed E-state index contributed by atoms with van der Waals surface area (Å²) < 4.78 is 102. The number of fused-ring (bicyclic) bond motifs is 1. The molecule has 1 aliphatic heterocycles. The zero-order chi connectivity index (χ0) is 26.3. The highest BCUT2D eigenvalue weighted by Gasteiger charge is 2.37. The number of aliphatic carboxylic acids is 1. The summed E-state index contributed by atoms with van der Waals surface area (Å²) in [5, 5.41) is 9.00. The van der Waals surface area contributed by atoms with Crippen LogP contribution in [0.4, 0.5) is 27.6 Å². The van der Waals surface area contributed by atoms with E-state index in [9.17, 15) is 35.2 Å². The van der Waals surface area contributed by atoms with E-state index in [1.165, 1.54) is 30.3 Å². The molecule has 0 bridgehead atoms. The second kappa shape index (κ2) is 9.41. The van der Waals surface area contributed by atoms with Gasteiger partial charge in [0.25, 0.3) is 10.0 Å². The van der Waals surface area contributed by atoms with Crippen LogP contribution in [0.2, 0.25) is 0 Å². The normalized spacial score (nSPS) is 15.8. The van der Waals surface area contributed by atoms with Crippen molar-refractivity contribution in [2.45, 2.75) is 30.0 Å². The number of alkyl halides is 3. The van der Waals surface area contributed by atoms with Crippen LogP contribution in [0.5, 0.6) is 5.75 Å². The molecule has 1 N–H and O–H groups in total. The lowest BCUT2D eigenvalue weighted by molar-refractivity contribution is -0.138. The highest BCUT2D eigenvalue weighted by Crippen LogP contribution is 2.41. The van der Waals surface area contributed by atoms with Crippen molar-refractivity contribution in [2.75, 3.05) is 10.8 Å². The number of anilines is 1. The zero-order valence-electron chi connectivity index (χ0n) is 18.3. The van der Waals surface area contributed by atoms with Crippen molar-refractivity contribution < 1.29 is 45.0 Å². The minimum Gasteiger partial charge on any atom is -0.486 e. The Morgan fingerprint density at radius 3 is 2.47 bits per heavy atom. The van der Waals surface area contributed by atoms with Crippen LogP contribution >= 0.6 is 0 Å². The van der Waals surface area contributed by atoms with Crippen molar-refractivity contribution in [1.82, 2.24) is 0 Å². The number of hydrogen-bond donors (Lipinski definition) is 1. The number of sulfonamides is 1. The number of carbonyl (C=O) groups is 1. The second-order valence-electron chi connectivity index (χ2n) is 8.02. The number of carboxylic acids is 1. The Labute approximate surface area is 202 Å². The molecule has 1 aliphatic rings. The standard InChI is InChI=1S/C24H18F5NO5S/c25-19-6-2-5-18(23(19)26)14-7-9-21-20(11-14)30(13-16(35-21)8-10-22(31)32)36(33,34)17-4-1-3-15(12-17)24(27,28)29/h1-7,9,11-12,16H,8,10,13H2,(H,31,32)/t16-/m0/s1. The van der Waals surface area contributed by atoms with E-state index in [1.54, 1.807) is 0 Å². The minimum absolute atomic E-state index is 0.00671. The van der Waals surface area contributed by atoms with Crippen molar-refractivity contribution in [3.63, 3.8) is 0 Å². The Balaban J connectivity index is 1.83. The smallest absolute Gasteiger partial charge is 0.416 e. The van der Waals surface area contributed by atoms with E-state index in [0.29, 0.717) is 6.07 Å². The molecule has 3 aromatic rings. The molecule has 0 saturated heterocycles. The van der Waals surface area contributed by atoms with Gasteiger partial charge >= 0.3 is 12.1 Å². The summed E-state index contributed by atoms with van der Waals surface area (Å²) in [5.74, 6) is -3.44. The van der Waals surface area contributed by atoms with Crippen molar-refractivity contribution in [3.05, 3.63) is 77.9 Å². The molecule has 12 heteroatoms. The molecule has 0 aliphatic carbocycles. The average molecular weight is 527 g/mol. The fourth-order valence-corrected chi connectivity index (χ4v) is 5.37. The molecule has 1 heterocycles. The van der Waals surface area contributed by atoms with E-state index < -0.39 is 56.9 Å². The minimum atomic E-state index is -4.79. The molecular formula is C24H18F5NO5S. The van der Waals surface area contributed by atoms with Gasteiger partial charge in [0.2, 0.25) is 0 Å². The highest BCUT2D eigenvalue weighted by atomic mass is 32.2. The average Bonchev–Trinajstić information content (AvgIpc) is 2.83. The number of carboxylic acid groups (broad SMARTS) is 1. The van der Waals surface area contributed by atoms with E-state index >= 15 is 0 Å². The predicted octanol–water partition coefficient (Wildman–Crippen LogP) is 5.47. The third-order valence-corrected chi connectivity index (χ3v) is 7.36. The Morgan fingerprint density at radius 1 is 1.06 bits per heavy atom. The number of rotatable bonds is 6. The molecule has 1 atom stereocenters. The summed E-state index contributed by atoms with van der Waals surface area (Å²) >= 11 is 0. The molecule has 0 saturated carbocycles. The molecule has 0 unspecified atom stereocenters. The second-order valence-corrected chi connectivity index (χ2v) is 9.88. The Kier molecular flexibility index (Phi) is 6.65. The van der Waals surface area contributed by atoms with Gasteiger partial charge in [0, 0.05) is 12.0 Å². The van der Waals surface area contributed by atoms with Crippen LogP contribution in [-0.4, -0.2) is 32.1 Å². The molecule has 0 fully saturated rings. The van der Waals surface area contributed by atoms with Crippen LogP contribution in [0.15, 0.2) is 65.6 Å². The molecule has 0 radical (unpaired) electrons. The van der Waals surface area contributed by atoms with Crippen LogP contribution in [-0.2, 0) is 21.0 Å². The topological polar surface area (TPSA) is 83.9 Å². The van der Waals surface area contributed by atoms with Crippen LogP contribution in [0.25, 0.3) is 11.1 Å². The first-order chi connectivity index (χ1) is 16.9. The van der Waals surface area contributed by atoms with Gasteiger partial charge in [-0.3, -0.25) is 9.10 Å². The van der Waals surface area contributed by atoms with Crippen LogP contribution in [0.3, 0.4) is 0 Å². The number of benzene rings is 3. The zero-order valence-corrected chi connectivity index (χ0v) is 19.1. The number of ether oxygens (including phenoxy) is 1. The number of hydrogen-bond acceptors (Lipinski definition) is 4. The molecular weight excluding hydrogens is 509 g/mol. The van der Waals surface area contributed by atoms with E-state index in [2.05, 4.69) is 0 Å². The quantitative estimate of drug-likeness (QED) is 0.430. The maximum absolute atomic E-state index is 14.4. The number of nitrogens with zero attached hydrogens (tertiary/aromatic N) is 1. The predicted molar refractivity (Wildman–Crippen MR) is 119 cm³/mol. The van der Waals surface area contributed by atoms with Gasteiger partial charge in [-0.05, 0) is 48.4 Å². The molecule has 36 heavy (non-hydrogen) atoms. The van der Waals surface area contributed by atoms with Gasteiger partial charge in [0.15, 0.2) is 11.6 Å². The lowest BCUT2D eigenvalue weighted by Gasteiger charge is -2.36. The largest absolute Gasteiger partial charge is 0.486 e. The Hall–Kier alpha value is -3.67. The first-order valence-corrected chi connectivity index (χ1v) is 12.0. The highest BCUT2D eigenvalue weighted by molar-refractivity contribution is 7.92. The summed E-state index contributed by atoms with van der Waals surface area (Å²) in [4.78, 5) is 10.4. The van der Waals surface area contributed by atoms with Crippen LogP contribution in [0, 0.1) is 11.6 Å². The third kappa shape index (κ3) is 4.99. The Morgan fingerprint density at radius 2 is 1.78 bits per heavy atom. The maximum Gasteiger partial charge on any atom is 0.416 e. The van der Waals surface area contributed by atoms with E-state index in [-0.39, 0.29) is 35.4 Å². The molecule has 4 rings (SSSR count). The molecule has 190 valence electrons. The fourth-order valence-electron chi connectivity index (χ4n) is 3.83. The van der Waals surface area contributed by atoms with Crippen molar-refractivity contribution in [2.24, 2.45) is 0 Å². The van der Waals surface area contributed by atoms with Gasteiger partial charge in [-0.25, -0.2) is 17.2 Å². The third-order valence-electron chi connectivity index (χ3n) is 5.58. The van der Waals surface area contributed by atoms with Gasteiger partial charge in [-0.15, -0.1) is 0 Å². The maximum atomic E-state index is 14.4. The summed E-state index contributed by atoms with van der Waals surface area (Å²) in [6, 6.07) is 10.6. The van der Waals surface area contributed by atoms with Gasteiger partial charge in [0.05, 0.1) is 22.7 Å². The van der Waals surface area contributed by atoms with Gasteiger partial charge in [-0.1, -0.05) is 24.3 Å². The summed E-state index contributed by atoms with van der Waals surface area (Å²) in [7, 11) is -4.61. The summed E-state index contributed by atoms with van der Waals surface area (Å²) in [5.41, 5.74) is -1.35. The van der Waals surface area contributed by atoms with E-state index in [0.717, 1.165) is 28.6 Å². The first-order valence-electron chi connectivity index (χ1n) is 10.5. The van der Waals surface area contributed by atoms with Gasteiger partial charge in [0.1, 0.15) is 11.9 Å². The SMILES string of the molecule is O=C(O)CC[C@H]1CN(S(=O)(=O)c2cccc(C(F)(F)F)c2)c2cc(-c3cccc(F)c3F)ccc2O1. The van der Waals surface area contributed by atoms with E-state index in [1.807, 2.05) is 0 Å². The molecule has 0 aromatic heterocycles. The fraction of sp³-hybridized carbons (Fsp3) is 0.208. The van der Waals surface area contributed by atoms with Gasteiger partial charge in [-0.2, -0.15) is 13.2 Å². The van der Waals surface area contributed by atoms with E-state index in [4.69, 9.17) is 9.84 Å². The van der Waals surface area contributed by atoms with Crippen molar-refractivity contribution >= 4 is 21.7 Å². The lowest BCUT2D eigenvalue weighted by Crippen LogP contribution is -2.43.